The zero-order valence-corrected chi connectivity index (χ0v) is 13.4. The summed E-state index contributed by atoms with van der Waals surface area (Å²) in [6.07, 6.45) is -4.72. The summed E-state index contributed by atoms with van der Waals surface area (Å²) in [5.41, 5.74) is 1.60. The number of thioether (sulfide) groups is 1. The summed E-state index contributed by atoms with van der Waals surface area (Å²) in [7, 11) is 0. The number of rotatable bonds is 4. The molecule has 0 radical (unpaired) electrons. The lowest BCUT2D eigenvalue weighted by molar-refractivity contribution is -0.274. The Bertz CT molecular complexity index is 682. The summed E-state index contributed by atoms with van der Waals surface area (Å²) in [6.45, 7) is 0. The van der Waals surface area contributed by atoms with E-state index in [1.165, 1.54) is 24.3 Å². The quantitative estimate of drug-likeness (QED) is 0.635. The Morgan fingerprint density at radius 3 is 2.32 bits per heavy atom. The van der Waals surface area contributed by atoms with Gasteiger partial charge in [-0.25, -0.2) is 0 Å². The van der Waals surface area contributed by atoms with Gasteiger partial charge >= 0.3 is 6.36 Å². The van der Waals surface area contributed by atoms with Crippen molar-refractivity contribution in [3.05, 3.63) is 64.1 Å². The first-order valence-corrected chi connectivity index (χ1v) is 7.72. The van der Waals surface area contributed by atoms with E-state index in [0.29, 0.717) is 0 Å². The molecule has 0 aliphatic rings. The SMILES string of the molecule is N#CSC(c1ccc(OC(F)(F)F)cc1)c1cccc(Br)c1. The van der Waals surface area contributed by atoms with E-state index in [1.54, 1.807) is 0 Å². The third kappa shape index (κ3) is 4.68. The van der Waals surface area contributed by atoms with Gasteiger partial charge in [0.25, 0.3) is 0 Å². The molecule has 0 bridgehead atoms. The van der Waals surface area contributed by atoms with Gasteiger partial charge in [-0.2, -0.15) is 5.26 Å². The number of alkyl halides is 3. The molecule has 22 heavy (non-hydrogen) atoms. The molecule has 0 saturated carbocycles. The van der Waals surface area contributed by atoms with Crippen molar-refractivity contribution in [1.82, 2.24) is 0 Å². The van der Waals surface area contributed by atoms with Crippen molar-refractivity contribution in [3.8, 4) is 11.2 Å². The molecule has 0 saturated heterocycles. The van der Waals surface area contributed by atoms with Gasteiger partial charge in [0.1, 0.15) is 11.2 Å². The van der Waals surface area contributed by atoms with E-state index in [-0.39, 0.29) is 11.0 Å². The van der Waals surface area contributed by atoms with Crippen molar-refractivity contribution in [2.75, 3.05) is 0 Å². The van der Waals surface area contributed by atoms with Gasteiger partial charge < -0.3 is 4.74 Å². The Morgan fingerprint density at radius 2 is 1.77 bits per heavy atom. The molecule has 2 aromatic rings. The van der Waals surface area contributed by atoms with E-state index >= 15 is 0 Å². The Labute approximate surface area is 138 Å². The molecule has 7 heteroatoms. The number of hydrogen-bond donors (Lipinski definition) is 0. The average molecular weight is 388 g/mol. The van der Waals surface area contributed by atoms with E-state index in [4.69, 9.17) is 5.26 Å². The zero-order valence-electron chi connectivity index (χ0n) is 11.0. The number of thiocyanates is 1. The highest BCUT2D eigenvalue weighted by atomic mass is 79.9. The summed E-state index contributed by atoms with van der Waals surface area (Å²) >= 11 is 4.39. The molecular weight excluding hydrogens is 379 g/mol. The van der Waals surface area contributed by atoms with Crippen LogP contribution in [0.1, 0.15) is 16.4 Å². The summed E-state index contributed by atoms with van der Waals surface area (Å²) in [5.74, 6) is -0.286. The first-order valence-electron chi connectivity index (χ1n) is 6.05. The van der Waals surface area contributed by atoms with Crippen LogP contribution in [0.5, 0.6) is 5.75 Å². The third-order valence-corrected chi connectivity index (χ3v) is 4.12. The minimum absolute atomic E-state index is 0.286. The maximum absolute atomic E-state index is 12.2. The minimum atomic E-state index is -4.72. The second-order valence-electron chi connectivity index (χ2n) is 4.26. The molecule has 1 atom stereocenters. The van der Waals surface area contributed by atoms with Gasteiger partial charge in [0, 0.05) is 4.47 Å². The maximum Gasteiger partial charge on any atom is 0.573 e. The van der Waals surface area contributed by atoms with Crippen molar-refractivity contribution in [2.24, 2.45) is 0 Å². The zero-order chi connectivity index (χ0) is 16.2. The molecule has 0 spiro atoms. The van der Waals surface area contributed by atoms with Crippen LogP contribution >= 0.6 is 27.7 Å². The Kier molecular flexibility index (Phi) is 5.37. The van der Waals surface area contributed by atoms with Crippen LogP contribution in [-0.4, -0.2) is 6.36 Å². The largest absolute Gasteiger partial charge is 0.573 e. The highest BCUT2D eigenvalue weighted by Gasteiger charge is 2.31. The normalized spacial score (nSPS) is 12.5. The van der Waals surface area contributed by atoms with E-state index in [2.05, 4.69) is 20.7 Å². The van der Waals surface area contributed by atoms with Gasteiger partial charge in [0.15, 0.2) is 0 Å². The molecule has 0 amide bonds. The van der Waals surface area contributed by atoms with Gasteiger partial charge in [-0.3, -0.25) is 0 Å². The van der Waals surface area contributed by atoms with E-state index < -0.39 is 6.36 Å². The van der Waals surface area contributed by atoms with Crippen LogP contribution in [0, 0.1) is 10.7 Å². The monoisotopic (exact) mass is 387 g/mol. The van der Waals surface area contributed by atoms with Crippen LogP contribution in [0.4, 0.5) is 13.2 Å². The fourth-order valence-corrected chi connectivity index (χ4v) is 2.99. The molecule has 0 aromatic heterocycles. The molecule has 1 unspecified atom stereocenters. The molecule has 2 rings (SSSR count). The highest BCUT2D eigenvalue weighted by Crippen LogP contribution is 2.37. The summed E-state index contributed by atoms with van der Waals surface area (Å²) in [4.78, 5) is 0. The van der Waals surface area contributed by atoms with Gasteiger partial charge in [-0.15, -0.1) is 13.2 Å². The standard InChI is InChI=1S/C15H9BrF3NOS/c16-12-3-1-2-11(8-12)14(22-9-20)10-4-6-13(7-5-10)21-15(17,18)19/h1-8,14H. The predicted molar refractivity (Wildman–Crippen MR) is 82.3 cm³/mol. The molecule has 0 aliphatic heterocycles. The Balaban J connectivity index is 2.28. The topological polar surface area (TPSA) is 33.0 Å². The third-order valence-electron chi connectivity index (χ3n) is 2.74. The van der Waals surface area contributed by atoms with Gasteiger partial charge in [-0.05, 0) is 47.2 Å². The van der Waals surface area contributed by atoms with E-state index in [1.807, 2.05) is 29.7 Å². The van der Waals surface area contributed by atoms with E-state index in [9.17, 15) is 13.2 Å². The van der Waals surface area contributed by atoms with Crippen molar-refractivity contribution in [3.63, 3.8) is 0 Å². The molecule has 0 heterocycles. The van der Waals surface area contributed by atoms with Crippen molar-refractivity contribution >= 4 is 27.7 Å². The summed E-state index contributed by atoms with van der Waals surface area (Å²) < 4.78 is 41.2. The van der Waals surface area contributed by atoms with Crippen LogP contribution in [0.2, 0.25) is 0 Å². The van der Waals surface area contributed by atoms with Crippen molar-refractivity contribution in [2.45, 2.75) is 11.6 Å². The summed E-state index contributed by atoms with van der Waals surface area (Å²) in [5, 5.41) is 10.7. The highest BCUT2D eigenvalue weighted by molar-refractivity contribution is 9.10. The minimum Gasteiger partial charge on any atom is -0.406 e. The second kappa shape index (κ2) is 7.07. The number of hydrogen-bond acceptors (Lipinski definition) is 3. The van der Waals surface area contributed by atoms with Crippen LogP contribution in [0.25, 0.3) is 0 Å². The predicted octanol–water partition coefficient (Wildman–Crippen LogP) is 5.65. The first kappa shape index (κ1) is 16.7. The van der Waals surface area contributed by atoms with Crippen LogP contribution < -0.4 is 4.74 Å². The Hall–Kier alpha value is -1.65. The number of benzene rings is 2. The van der Waals surface area contributed by atoms with Gasteiger partial charge in [0.05, 0.1) is 5.25 Å². The molecule has 114 valence electrons. The van der Waals surface area contributed by atoms with Gasteiger partial charge in [0.2, 0.25) is 0 Å². The molecule has 2 aromatic carbocycles. The fourth-order valence-electron chi connectivity index (χ4n) is 1.90. The van der Waals surface area contributed by atoms with Gasteiger partial charge in [-0.1, -0.05) is 40.2 Å². The number of ether oxygens (including phenoxy) is 1. The number of nitriles is 1. The lowest BCUT2D eigenvalue weighted by Gasteiger charge is -2.15. The molecule has 0 N–H and O–H groups in total. The van der Waals surface area contributed by atoms with Crippen molar-refractivity contribution in [1.29, 1.82) is 5.26 Å². The average Bonchev–Trinajstić information content (AvgIpc) is 2.44. The number of halogens is 4. The lowest BCUT2D eigenvalue weighted by Crippen LogP contribution is -2.17. The molecule has 0 aliphatic carbocycles. The number of nitrogens with zero attached hydrogens (tertiary/aromatic N) is 1. The molecule has 2 nitrogen and oxygen atoms in total. The van der Waals surface area contributed by atoms with Crippen LogP contribution in [-0.2, 0) is 0 Å². The van der Waals surface area contributed by atoms with E-state index in [0.717, 1.165) is 27.4 Å². The lowest BCUT2D eigenvalue weighted by atomic mass is 10.0. The fraction of sp³-hybridized carbons (Fsp3) is 0.133. The smallest absolute Gasteiger partial charge is 0.406 e. The summed E-state index contributed by atoms with van der Waals surface area (Å²) in [6, 6.07) is 13.0. The van der Waals surface area contributed by atoms with Crippen LogP contribution in [0.3, 0.4) is 0 Å². The van der Waals surface area contributed by atoms with Crippen molar-refractivity contribution < 1.29 is 17.9 Å². The molecule has 0 fully saturated rings. The maximum atomic E-state index is 12.2. The van der Waals surface area contributed by atoms with Crippen LogP contribution in [0.15, 0.2) is 53.0 Å². The second-order valence-corrected chi connectivity index (χ2v) is 6.07. The Morgan fingerprint density at radius 1 is 1.09 bits per heavy atom. The molecular formula is C15H9BrF3NOS. The first-order chi connectivity index (χ1) is 10.4.